The number of aromatic nitrogens is 2. The lowest BCUT2D eigenvalue weighted by atomic mass is 10.3. The Morgan fingerprint density at radius 1 is 1.22 bits per heavy atom. The van der Waals surface area contributed by atoms with Gasteiger partial charge in [0.1, 0.15) is 0 Å². The number of halogens is 3. The zero-order chi connectivity index (χ0) is 13.2. The molecule has 0 spiro atoms. The average Bonchev–Trinajstić information content (AvgIpc) is 2.79. The predicted molar refractivity (Wildman–Crippen MR) is 59.2 cm³/mol. The second kappa shape index (κ2) is 5.07. The van der Waals surface area contributed by atoms with Gasteiger partial charge in [0.25, 0.3) is 0 Å². The van der Waals surface area contributed by atoms with Crippen molar-refractivity contribution in [3.63, 3.8) is 0 Å². The maximum Gasteiger partial charge on any atom is 0.445 e. The molecule has 0 N–H and O–H groups in total. The second-order valence-corrected chi connectivity index (χ2v) is 4.76. The molecule has 1 aromatic heterocycles. The van der Waals surface area contributed by atoms with Crippen LogP contribution in [0.5, 0.6) is 0 Å². The van der Waals surface area contributed by atoms with Crippen molar-refractivity contribution >= 4 is 16.5 Å². The molecule has 0 atom stereocenters. The highest BCUT2D eigenvalue weighted by atomic mass is 32.1. The van der Waals surface area contributed by atoms with E-state index in [9.17, 15) is 13.2 Å². The van der Waals surface area contributed by atoms with Crippen LogP contribution in [0.1, 0.15) is 5.01 Å². The van der Waals surface area contributed by atoms with Crippen molar-refractivity contribution in [1.29, 1.82) is 5.26 Å². The molecular formula is C9H10F3N5S. The summed E-state index contributed by atoms with van der Waals surface area (Å²) in [4.78, 5) is 3.71. The first-order valence-electron chi connectivity index (χ1n) is 5.25. The van der Waals surface area contributed by atoms with Gasteiger partial charge >= 0.3 is 6.18 Å². The molecule has 0 unspecified atom stereocenters. The maximum atomic E-state index is 12.4. The topological polar surface area (TPSA) is 56.1 Å². The van der Waals surface area contributed by atoms with Crippen LogP contribution < -0.4 is 4.90 Å². The number of hydrogen-bond donors (Lipinski definition) is 0. The molecule has 0 amide bonds. The lowest BCUT2D eigenvalue weighted by Gasteiger charge is -2.32. The van der Waals surface area contributed by atoms with Crippen molar-refractivity contribution in [3.8, 4) is 6.07 Å². The zero-order valence-electron chi connectivity index (χ0n) is 9.31. The normalized spacial score (nSPS) is 17.8. The third kappa shape index (κ3) is 2.88. The molecule has 0 saturated carbocycles. The van der Waals surface area contributed by atoms with Crippen LogP contribution in [0.25, 0.3) is 0 Å². The summed E-state index contributed by atoms with van der Waals surface area (Å²) < 4.78 is 37.1. The molecule has 18 heavy (non-hydrogen) atoms. The standard InChI is InChI=1S/C9H10F3N5S/c10-9(11,12)7-14-15-8(18-7)17-5-3-16(2-1-13)4-6-17/h2-6H2. The molecule has 0 bridgehead atoms. The van der Waals surface area contributed by atoms with Gasteiger partial charge in [-0.15, -0.1) is 10.2 Å². The summed E-state index contributed by atoms with van der Waals surface area (Å²) in [5, 5.41) is 14.6. The van der Waals surface area contributed by atoms with Crippen molar-refractivity contribution in [2.45, 2.75) is 6.18 Å². The fraction of sp³-hybridized carbons (Fsp3) is 0.667. The van der Waals surface area contributed by atoms with Crippen LogP contribution in [0, 0.1) is 11.3 Å². The van der Waals surface area contributed by atoms with Gasteiger partial charge < -0.3 is 4.90 Å². The van der Waals surface area contributed by atoms with Gasteiger partial charge in [0.05, 0.1) is 12.6 Å². The van der Waals surface area contributed by atoms with E-state index in [-0.39, 0.29) is 0 Å². The van der Waals surface area contributed by atoms with Crippen LogP contribution in [-0.2, 0) is 6.18 Å². The summed E-state index contributed by atoms with van der Waals surface area (Å²) in [7, 11) is 0. The molecule has 9 heteroatoms. The summed E-state index contributed by atoms with van der Waals surface area (Å²) in [6.07, 6.45) is -4.43. The average molecular weight is 277 g/mol. The van der Waals surface area contributed by atoms with Gasteiger partial charge in [-0.05, 0) is 0 Å². The Balaban J connectivity index is 1.98. The minimum Gasteiger partial charge on any atom is -0.344 e. The van der Waals surface area contributed by atoms with Crippen molar-refractivity contribution < 1.29 is 13.2 Å². The molecule has 2 heterocycles. The first-order chi connectivity index (χ1) is 8.50. The number of nitriles is 1. The molecule has 98 valence electrons. The number of nitrogens with zero attached hydrogens (tertiary/aromatic N) is 5. The fourth-order valence-electron chi connectivity index (χ4n) is 1.66. The lowest BCUT2D eigenvalue weighted by Crippen LogP contribution is -2.46. The summed E-state index contributed by atoms with van der Waals surface area (Å²) in [6.45, 7) is 2.77. The van der Waals surface area contributed by atoms with E-state index in [0.29, 0.717) is 49.2 Å². The summed E-state index contributed by atoms with van der Waals surface area (Å²) >= 11 is 0.556. The third-order valence-electron chi connectivity index (χ3n) is 2.59. The van der Waals surface area contributed by atoms with Crippen LogP contribution >= 0.6 is 11.3 Å². The quantitative estimate of drug-likeness (QED) is 0.760. The molecule has 1 aliphatic rings. The Labute approximate surface area is 105 Å². The SMILES string of the molecule is N#CCN1CCN(c2nnc(C(F)(F)F)s2)CC1. The molecule has 5 nitrogen and oxygen atoms in total. The molecule has 0 aromatic carbocycles. The number of hydrogen-bond acceptors (Lipinski definition) is 6. The van der Waals surface area contributed by atoms with Crippen molar-refractivity contribution in [2.24, 2.45) is 0 Å². The van der Waals surface area contributed by atoms with Crippen molar-refractivity contribution in [2.75, 3.05) is 37.6 Å². The molecule has 1 aliphatic heterocycles. The van der Waals surface area contributed by atoms with Crippen LogP contribution in [0.3, 0.4) is 0 Å². The second-order valence-electron chi connectivity index (χ2n) is 3.81. The lowest BCUT2D eigenvalue weighted by molar-refractivity contribution is -0.138. The van der Waals surface area contributed by atoms with Gasteiger partial charge in [0.2, 0.25) is 10.1 Å². The summed E-state index contributed by atoms with van der Waals surface area (Å²) in [6, 6.07) is 2.05. The first kappa shape index (κ1) is 13.0. The molecule has 1 aromatic rings. The molecule has 1 fully saturated rings. The number of rotatable bonds is 2. The summed E-state index contributed by atoms with van der Waals surface area (Å²) in [5.74, 6) is 0. The van der Waals surface area contributed by atoms with Crippen molar-refractivity contribution in [3.05, 3.63) is 5.01 Å². The minimum absolute atomic E-state index is 0.291. The van der Waals surface area contributed by atoms with E-state index in [1.165, 1.54) is 0 Å². The van der Waals surface area contributed by atoms with Crippen LogP contribution in [0.2, 0.25) is 0 Å². The predicted octanol–water partition coefficient (Wildman–Crippen LogP) is 1.20. The van der Waals surface area contributed by atoms with Crippen molar-refractivity contribution in [1.82, 2.24) is 15.1 Å². The Kier molecular flexibility index (Phi) is 3.68. The van der Waals surface area contributed by atoms with Gasteiger partial charge in [-0.2, -0.15) is 18.4 Å². The molecule has 1 saturated heterocycles. The summed E-state index contributed by atoms with van der Waals surface area (Å²) in [5.41, 5.74) is 0. The number of piperazine rings is 1. The van der Waals surface area contributed by atoms with Gasteiger partial charge in [0, 0.05) is 26.2 Å². The Bertz CT molecular complexity index is 444. The van der Waals surface area contributed by atoms with E-state index in [0.717, 1.165) is 0 Å². The van der Waals surface area contributed by atoms with Gasteiger partial charge in [0.15, 0.2) is 0 Å². The molecule has 0 aliphatic carbocycles. The van der Waals surface area contributed by atoms with E-state index in [2.05, 4.69) is 10.2 Å². The van der Waals surface area contributed by atoms with Gasteiger partial charge in [-0.3, -0.25) is 4.90 Å². The van der Waals surface area contributed by atoms with Gasteiger partial charge in [-0.25, -0.2) is 0 Å². The van der Waals surface area contributed by atoms with E-state index in [1.54, 1.807) is 4.90 Å². The molecule has 2 rings (SSSR count). The van der Waals surface area contributed by atoms with Crippen LogP contribution in [0.15, 0.2) is 0 Å². The highest BCUT2D eigenvalue weighted by Crippen LogP contribution is 2.34. The maximum absolute atomic E-state index is 12.4. The smallest absolute Gasteiger partial charge is 0.344 e. The minimum atomic E-state index is -4.43. The molecular weight excluding hydrogens is 267 g/mol. The van der Waals surface area contributed by atoms with E-state index < -0.39 is 11.2 Å². The largest absolute Gasteiger partial charge is 0.445 e. The highest BCUT2D eigenvalue weighted by Gasteiger charge is 2.36. The number of anilines is 1. The Morgan fingerprint density at radius 2 is 1.89 bits per heavy atom. The molecule has 0 radical (unpaired) electrons. The zero-order valence-corrected chi connectivity index (χ0v) is 10.1. The van der Waals surface area contributed by atoms with E-state index in [1.807, 2.05) is 11.0 Å². The van der Waals surface area contributed by atoms with Crippen LogP contribution in [-0.4, -0.2) is 47.8 Å². The Morgan fingerprint density at radius 3 is 2.39 bits per heavy atom. The number of alkyl halides is 3. The monoisotopic (exact) mass is 277 g/mol. The van der Waals surface area contributed by atoms with Gasteiger partial charge in [-0.1, -0.05) is 11.3 Å². The fourth-order valence-corrected chi connectivity index (χ4v) is 2.42. The van der Waals surface area contributed by atoms with E-state index in [4.69, 9.17) is 5.26 Å². The highest BCUT2D eigenvalue weighted by molar-refractivity contribution is 7.15. The Hall–Kier alpha value is -1.40. The van der Waals surface area contributed by atoms with E-state index >= 15 is 0 Å². The third-order valence-corrected chi connectivity index (χ3v) is 3.62. The first-order valence-corrected chi connectivity index (χ1v) is 6.07. The van der Waals surface area contributed by atoms with Crippen LogP contribution in [0.4, 0.5) is 18.3 Å².